The summed E-state index contributed by atoms with van der Waals surface area (Å²) in [4.78, 5) is 0. The normalized spacial score (nSPS) is 52.2. The molecule has 58 valence electrons. The van der Waals surface area contributed by atoms with Crippen LogP contribution >= 0.6 is 0 Å². The van der Waals surface area contributed by atoms with E-state index in [1.165, 1.54) is 6.42 Å². The van der Waals surface area contributed by atoms with Crippen LogP contribution < -0.4 is 0 Å². The number of aliphatic hydroxyl groups is 2. The first-order chi connectivity index (χ1) is 4.83. The molecule has 0 amide bonds. The van der Waals surface area contributed by atoms with Crippen molar-refractivity contribution in [3.8, 4) is 0 Å². The third-order valence-corrected chi connectivity index (χ3v) is 3.28. The van der Waals surface area contributed by atoms with E-state index < -0.39 is 0 Å². The summed E-state index contributed by atoms with van der Waals surface area (Å²) >= 11 is 0. The SMILES string of the molecule is OC[C@@H]1[C@@H]2CC[C@@H]1[C@@H](O)C2. The summed E-state index contributed by atoms with van der Waals surface area (Å²) in [5, 5.41) is 18.4. The van der Waals surface area contributed by atoms with Crippen molar-refractivity contribution in [3.63, 3.8) is 0 Å². The lowest BCUT2D eigenvalue weighted by Crippen LogP contribution is -2.18. The summed E-state index contributed by atoms with van der Waals surface area (Å²) in [6, 6.07) is 0. The molecule has 4 atom stereocenters. The number of aliphatic hydroxyl groups excluding tert-OH is 2. The quantitative estimate of drug-likeness (QED) is 0.556. The Hall–Kier alpha value is -0.0800. The molecule has 2 N–H and O–H groups in total. The van der Waals surface area contributed by atoms with Crippen molar-refractivity contribution in [1.82, 2.24) is 0 Å². The highest BCUT2D eigenvalue weighted by atomic mass is 16.3. The molecule has 0 aromatic rings. The first-order valence-electron chi connectivity index (χ1n) is 4.12. The maximum atomic E-state index is 9.41. The van der Waals surface area contributed by atoms with E-state index in [2.05, 4.69) is 0 Å². The summed E-state index contributed by atoms with van der Waals surface area (Å²) in [7, 11) is 0. The van der Waals surface area contributed by atoms with Gasteiger partial charge in [0.25, 0.3) is 0 Å². The average Bonchev–Trinajstić information content (AvgIpc) is 2.42. The lowest BCUT2D eigenvalue weighted by molar-refractivity contribution is 0.0974. The van der Waals surface area contributed by atoms with Crippen molar-refractivity contribution in [3.05, 3.63) is 0 Å². The molecule has 0 radical (unpaired) electrons. The molecule has 2 rings (SSSR count). The van der Waals surface area contributed by atoms with Gasteiger partial charge in [0.15, 0.2) is 0 Å². The highest BCUT2D eigenvalue weighted by Gasteiger charge is 2.46. The molecular weight excluding hydrogens is 128 g/mol. The van der Waals surface area contributed by atoms with Gasteiger partial charge < -0.3 is 10.2 Å². The largest absolute Gasteiger partial charge is 0.396 e. The van der Waals surface area contributed by atoms with E-state index in [0.29, 0.717) is 17.8 Å². The van der Waals surface area contributed by atoms with E-state index in [1.807, 2.05) is 0 Å². The highest BCUT2D eigenvalue weighted by Crippen LogP contribution is 2.48. The minimum absolute atomic E-state index is 0.101. The molecule has 0 heterocycles. The van der Waals surface area contributed by atoms with Crippen molar-refractivity contribution >= 4 is 0 Å². The number of fused-ring (bicyclic) bond motifs is 2. The van der Waals surface area contributed by atoms with Crippen LogP contribution in [0.4, 0.5) is 0 Å². The minimum atomic E-state index is -0.101. The Morgan fingerprint density at radius 2 is 2.10 bits per heavy atom. The van der Waals surface area contributed by atoms with Gasteiger partial charge in [-0.1, -0.05) is 0 Å². The van der Waals surface area contributed by atoms with Gasteiger partial charge in [-0.2, -0.15) is 0 Å². The molecule has 2 fully saturated rings. The molecule has 2 heteroatoms. The fraction of sp³-hybridized carbons (Fsp3) is 1.00. The second-order valence-electron chi connectivity index (χ2n) is 3.65. The van der Waals surface area contributed by atoms with Crippen molar-refractivity contribution in [2.75, 3.05) is 6.61 Å². The van der Waals surface area contributed by atoms with E-state index in [-0.39, 0.29) is 12.7 Å². The van der Waals surface area contributed by atoms with Crippen molar-refractivity contribution in [1.29, 1.82) is 0 Å². The topological polar surface area (TPSA) is 40.5 Å². The highest BCUT2D eigenvalue weighted by molar-refractivity contribution is 4.96. The van der Waals surface area contributed by atoms with Crippen molar-refractivity contribution in [2.24, 2.45) is 17.8 Å². The monoisotopic (exact) mass is 142 g/mol. The Morgan fingerprint density at radius 1 is 1.30 bits per heavy atom. The van der Waals surface area contributed by atoms with Crippen LogP contribution in [0.3, 0.4) is 0 Å². The molecule has 10 heavy (non-hydrogen) atoms. The van der Waals surface area contributed by atoms with Crippen LogP contribution in [0.2, 0.25) is 0 Å². The van der Waals surface area contributed by atoms with Crippen LogP contribution in [0.15, 0.2) is 0 Å². The van der Waals surface area contributed by atoms with Gasteiger partial charge in [0.05, 0.1) is 6.10 Å². The Morgan fingerprint density at radius 3 is 2.40 bits per heavy atom. The lowest BCUT2D eigenvalue weighted by atomic mass is 9.97. The molecule has 2 bridgehead atoms. The molecule has 0 aromatic carbocycles. The number of hydrogen-bond acceptors (Lipinski definition) is 2. The zero-order chi connectivity index (χ0) is 7.14. The predicted molar refractivity (Wildman–Crippen MR) is 37.4 cm³/mol. The van der Waals surface area contributed by atoms with Crippen LogP contribution in [0.1, 0.15) is 19.3 Å². The zero-order valence-corrected chi connectivity index (χ0v) is 6.03. The second-order valence-corrected chi connectivity index (χ2v) is 3.65. The molecule has 0 spiro atoms. The second kappa shape index (κ2) is 2.21. The van der Waals surface area contributed by atoms with Gasteiger partial charge in [0.2, 0.25) is 0 Å². The van der Waals surface area contributed by atoms with Crippen LogP contribution in [0.5, 0.6) is 0 Å². The molecule has 0 saturated heterocycles. The molecule has 0 unspecified atom stereocenters. The predicted octanol–water partition coefficient (Wildman–Crippen LogP) is 0.386. The third-order valence-electron chi connectivity index (χ3n) is 3.28. The van der Waals surface area contributed by atoms with Gasteiger partial charge in [-0.15, -0.1) is 0 Å². The van der Waals surface area contributed by atoms with Gasteiger partial charge in [-0.05, 0) is 37.0 Å². The van der Waals surface area contributed by atoms with Gasteiger partial charge >= 0.3 is 0 Å². The van der Waals surface area contributed by atoms with E-state index in [0.717, 1.165) is 12.8 Å². The zero-order valence-electron chi connectivity index (χ0n) is 6.03. The van der Waals surface area contributed by atoms with E-state index in [4.69, 9.17) is 5.11 Å². The minimum Gasteiger partial charge on any atom is -0.396 e. The van der Waals surface area contributed by atoms with Crippen LogP contribution in [0.25, 0.3) is 0 Å². The van der Waals surface area contributed by atoms with Crippen LogP contribution in [-0.2, 0) is 0 Å². The summed E-state index contributed by atoms with van der Waals surface area (Å²) in [6.07, 6.45) is 3.20. The molecule has 2 saturated carbocycles. The van der Waals surface area contributed by atoms with E-state index in [9.17, 15) is 5.11 Å². The molecule has 2 aliphatic carbocycles. The molecule has 0 aliphatic heterocycles. The molecule has 2 aliphatic rings. The molecular formula is C8H14O2. The first-order valence-corrected chi connectivity index (χ1v) is 4.12. The van der Waals surface area contributed by atoms with Gasteiger partial charge in [-0.3, -0.25) is 0 Å². The number of rotatable bonds is 1. The summed E-state index contributed by atoms with van der Waals surface area (Å²) in [5.74, 6) is 1.48. The lowest BCUT2D eigenvalue weighted by Gasteiger charge is -2.15. The van der Waals surface area contributed by atoms with Gasteiger partial charge in [0, 0.05) is 6.61 Å². The van der Waals surface area contributed by atoms with Crippen LogP contribution in [-0.4, -0.2) is 22.9 Å². The van der Waals surface area contributed by atoms with Gasteiger partial charge in [-0.25, -0.2) is 0 Å². The third kappa shape index (κ3) is 0.722. The summed E-state index contributed by atoms with van der Waals surface area (Å²) < 4.78 is 0. The Balaban J connectivity index is 2.11. The maximum Gasteiger partial charge on any atom is 0.0574 e. The fourth-order valence-corrected chi connectivity index (χ4v) is 2.72. The number of hydrogen-bond donors (Lipinski definition) is 2. The van der Waals surface area contributed by atoms with Gasteiger partial charge in [0.1, 0.15) is 0 Å². The van der Waals surface area contributed by atoms with E-state index in [1.54, 1.807) is 0 Å². The first kappa shape index (κ1) is 6.62. The molecule has 0 aromatic heterocycles. The summed E-state index contributed by atoms with van der Waals surface area (Å²) in [5.41, 5.74) is 0. The fourth-order valence-electron chi connectivity index (χ4n) is 2.72. The Bertz CT molecular complexity index is 135. The van der Waals surface area contributed by atoms with Crippen molar-refractivity contribution in [2.45, 2.75) is 25.4 Å². The Labute approximate surface area is 60.9 Å². The maximum absolute atomic E-state index is 9.41. The Kier molecular flexibility index (Phi) is 1.46. The van der Waals surface area contributed by atoms with Crippen LogP contribution in [0, 0.1) is 17.8 Å². The smallest absolute Gasteiger partial charge is 0.0574 e. The average molecular weight is 142 g/mol. The standard InChI is InChI=1S/C8H14O2/c9-4-7-5-1-2-6(7)8(10)3-5/h5-10H,1-4H2/t5-,6+,7-,8+/m1/s1. The summed E-state index contributed by atoms with van der Waals surface area (Å²) in [6.45, 7) is 0.284. The molecule has 2 nitrogen and oxygen atoms in total. The van der Waals surface area contributed by atoms with E-state index >= 15 is 0 Å². The van der Waals surface area contributed by atoms with Crippen molar-refractivity contribution < 1.29 is 10.2 Å².